The summed E-state index contributed by atoms with van der Waals surface area (Å²) < 4.78 is 5.36. The Hall–Kier alpha value is -1.51. The normalized spacial score (nSPS) is 31.7. The van der Waals surface area contributed by atoms with Crippen LogP contribution >= 0.6 is 0 Å². The molecule has 1 aromatic rings. The molecule has 3 heteroatoms. The van der Waals surface area contributed by atoms with Crippen LogP contribution in [-0.2, 0) is 11.8 Å². The summed E-state index contributed by atoms with van der Waals surface area (Å²) in [7, 11) is 1.70. The van der Waals surface area contributed by atoms with E-state index in [1.165, 1.54) is 24.0 Å². The molecule has 19 heavy (non-hydrogen) atoms. The van der Waals surface area contributed by atoms with Gasteiger partial charge in [-0.15, -0.1) is 0 Å². The molecule has 1 aromatic carbocycles. The van der Waals surface area contributed by atoms with Crippen LogP contribution in [0.1, 0.15) is 43.7 Å². The standard InChI is InChI=1S/C16H21NO2/c1-16-8-4-3-5-12(15(16)17-18)9-11-6-7-13(19-2)10-14(11)16/h6-7,10,12,18H,3-5,8-9H2,1-2H3. The maximum absolute atomic E-state index is 9.50. The van der Waals surface area contributed by atoms with Crippen molar-refractivity contribution in [3.63, 3.8) is 0 Å². The van der Waals surface area contributed by atoms with Crippen molar-refractivity contribution in [2.75, 3.05) is 7.11 Å². The van der Waals surface area contributed by atoms with Gasteiger partial charge in [-0.05, 0) is 42.5 Å². The van der Waals surface area contributed by atoms with E-state index < -0.39 is 0 Å². The number of methoxy groups -OCH3 is 1. The molecule has 1 N–H and O–H groups in total. The van der Waals surface area contributed by atoms with Gasteiger partial charge in [-0.2, -0.15) is 0 Å². The van der Waals surface area contributed by atoms with E-state index in [1.807, 2.05) is 6.07 Å². The molecular weight excluding hydrogens is 238 g/mol. The van der Waals surface area contributed by atoms with Gasteiger partial charge in [0.1, 0.15) is 5.75 Å². The molecule has 2 atom stereocenters. The smallest absolute Gasteiger partial charge is 0.119 e. The number of rotatable bonds is 1. The van der Waals surface area contributed by atoms with Crippen LogP contribution in [0.15, 0.2) is 23.4 Å². The first-order valence-electron chi connectivity index (χ1n) is 7.09. The van der Waals surface area contributed by atoms with E-state index in [0.29, 0.717) is 5.92 Å². The first-order chi connectivity index (χ1) is 9.19. The van der Waals surface area contributed by atoms with E-state index >= 15 is 0 Å². The van der Waals surface area contributed by atoms with Crippen LogP contribution in [0.4, 0.5) is 0 Å². The van der Waals surface area contributed by atoms with E-state index in [0.717, 1.165) is 30.7 Å². The van der Waals surface area contributed by atoms with Gasteiger partial charge in [0.05, 0.1) is 12.8 Å². The Bertz CT molecular complexity index is 523. The molecule has 2 unspecified atom stereocenters. The fourth-order valence-corrected chi connectivity index (χ4v) is 3.89. The highest BCUT2D eigenvalue weighted by Crippen LogP contribution is 2.46. The lowest BCUT2D eigenvalue weighted by atomic mass is 9.65. The number of ether oxygens (including phenoxy) is 1. The van der Waals surface area contributed by atoms with E-state index in [9.17, 15) is 5.21 Å². The number of hydrogen-bond donors (Lipinski definition) is 1. The summed E-state index contributed by atoms with van der Waals surface area (Å²) in [5.41, 5.74) is 3.53. The van der Waals surface area contributed by atoms with Crippen molar-refractivity contribution < 1.29 is 9.94 Å². The molecule has 102 valence electrons. The molecule has 1 saturated carbocycles. The predicted octanol–water partition coefficient (Wildman–Crippen LogP) is 3.53. The van der Waals surface area contributed by atoms with Gasteiger partial charge in [-0.1, -0.05) is 31.0 Å². The van der Waals surface area contributed by atoms with Crippen LogP contribution < -0.4 is 4.74 Å². The summed E-state index contributed by atoms with van der Waals surface area (Å²) in [4.78, 5) is 0. The molecule has 0 aliphatic heterocycles. The maximum Gasteiger partial charge on any atom is 0.119 e. The third kappa shape index (κ3) is 1.83. The average Bonchev–Trinajstić information content (AvgIpc) is 2.54. The fourth-order valence-electron chi connectivity index (χ4n) is 3.89. The Morgan fingerprint density at radius 2 is 2.21 bits per heavy atom. The molecule has 0 heterocycles. The summed E-state index contributed by atoms with van der Waals surface area (Å²) in [6, 6.07) is 6.34. The minimum atomic E-state index is -0.127. The van der Waals surface area contributed by atoms with E-state index in [2.05, 4.69) is 24.2 Å². The summed E-state index contributed by atoms with van der Waals surface area (Å²) in [6.45, 7) is 2.22. The second-order valence-electron chi connectivity index (χ2n) is 5.99. The van der Waals surface area contributed by atoms with Crippen LogP contribution in [0.25, 0.3) is 0 Å². The fraction of sp³-hybridized carbons (Fsp3) is 0.562. The molecule has 3 nitrogen and oxygen atoms in total. The monoisotopic (exact) mass is 259 g/mol. The summed E-state index contributed by atoms with van der Waals surface area (Å²) in [5.74, 6) is 1.29. The minimum Gasteiger partial charge on any atom is -0.497 e. The zero-order chi connectivity index (χ0) is 13.5. The molecule has 0 spiro atoms. The first-order valence-corrected chi connectivity index (χ1v) is 7.09. The van der Waals surface area contributed by atoms with Crippen molar-refractivity contribution >= 4 is 5.71 Å². The second kappa shape index (κ2) is 4.55. The van der Waals surface area contributed by atoms with Crippen molar-refractivity contribution in [1.82, 2.24) is 0 Å². The van der Waals surface area contributed by atoms with Crippen molar-refractivity contribution in [3.8, 4) is 5.75 Å². The van der Waals surface area contributed by atoms with Crippen molar-refractivity contribution in [1.29, 1.82) is 0 Å². The first kappa shape index (κ1) is 12.5. The molecule has 2 bridgehead atoms. The lowest BCUT2D eigenvalue weighted by molar-refractivity contribution is 0.305. The summed E-state index contributed by atoms with van der Waals surface area (Å²) in [6.07, 6.45) is 5.62. The molecule has 1 fully saturated rings. The Labute approximate surface area is 114 Å². The maximum atomic E-state index is 9.50. The van der Waals surface area contributed by atoms with E-state index in [-0.39, 0.29) is 5.41 Å². The Balaban J connectivity index is 2.19. The topological polar surface area (TPSA) is 41.8 Å². The lowest BCUT2D eigenvalue weighted by Gasteiger charge is -2.39. The molecule has 0 saturated heterocycles. The van der Waals surface area contributed by atoms with Gasteiger partial charge in [-0.25, -0.2) is 0 Å². The number of hydrogen-bond acceptors (Lipinski definition) is 3. The molecular formula is C16H21NO2. The minimum absolute atomic E-state index is 0.127. The molecule has 0 amide bonds. The Morgan fingerprint density at radius 3 is 2.95 bits per heavy atom. The van der Waals surface area contributed by atoms with Gasteiger partial charge >= 0.3 is 0 Å². The summed E-state index contributed by atoms with van der Waals surface area (Å²) >= 11 is 0. The largest absolute Gasteiger partial charge is 0.497 e. The van der Waals surface area contributed by atoms with Gasteiger partial charge in [0, 0.05) is 11.3 Å². The van der Waals surface area contributed by atoms with Gasteiger partial charge in [0.25, 0.3) is 0 Å². The van der Waals surface area contributed by atoms with E-state index in [4.69, 9.17) is 4.74 Å². The van der Waals surface area contributed by atoms with E-state index in [1.54, 1.807) is 7.11 Å². The zero-order valence-electron chi connectivity index (χ0n) is 11.6. The average molecular weight is 259 g/mol. The third-order valence-corrected chi connectivity index (χ3v) is 4.92. The van der Waals surface area contributed by atoms with Crippen molar-refractivity contribution in [2.45, 2.75) is 44.4 Å². The van der Waals surface area contributed by atoms with Gasteiger partial charge in [0.15, 0.2) is 0 Å². The quantitative estimate of drug-likeness (QED) is 0.619. The Morgan fingerprint density at radius 1 is 1.37 bits per heavy atom. The SMILES string of the molecule is COc1ccc2c(c1)C1(C)CCCCC(C2)C1=NO. The molecule has 0 aromatic heterocycles. The molecule has 2 aliphatic carbocycles. The number of fused-ring (bicyclic) bond motifs is 4. The van der Waals surface area contributed by atoms with Crippen LogP contribution in [0.2, 0.25) is 0 Å². The molecule has 2 aliphatic rings. The summed E-state index contributed by atoms with van der Waals surface area (Å²) in [5, 5.41) is 13.2. The van der Waals surface area contributed by atoms with Crippen LogP contribution in [0, 0.1) is 5.92 Å². The third-order valence-electron chi connectivity index (χ3n) is 4.92. The predicted molar refractivity (Wildman–Crippen MR) is 75.2 cm³/mol. The molecule has 3 rings (SSSR count). The highest BCUT2D eigenvalue weighted by Gasteiger charge is 2.44. The van der Waals surface area contributed by atoms with Gasteiger partial charge in [-0.3, -0.25) is 0 Å². The second-order valence-corrected chi connectivity index (χ2v) is 5.99. The number of nitrogens with zero attached hydrogens (tertiary/aromatic N) is 1. The number of benzene rings is 1. The van der Waals surface area contributed by atoms with Crippen LogP contribution in [-0.4, -0.2) is 18.0 Å². The van der Waals surface area contributed by atoms with Crippen molar-refractivity contribution in [2.24, 2.45) is 11.1 Å². The molecule has 0 radical (unpaired) electrons. The van der Waals surface area contributed by atoms with Crippen LogP contribution in [0.3, 0.4) is 0 Å². The van der Waals surface area contributed by atoms with Gasteiger partial charge < -0.3 is 9.94 Å². The van der Waals surface area contributed by atoms with Crippen LogP contribution in [0.5, 0.6) is 5.75 Å². The van der Waals surface area contributed by atoms with Gasteiger partial charge in [0.2, 0.25) is 0 Å². The van der Waals surface area contributed by atoms with Crippen molar-refractivity contribution in [3.05, 3.63) is 29.3 Å². The zero-order valence-corrected chi connectivity index (χ0v) is 11.6. The Kier molecular flexibility index (Phi) is 3.00. The number of oxime groups is 1. The highest BCUT2D eigenvalue weighted by molar-refractivity contribution is 5.98. The highest BCUT2D eigenvalue weighted by atomic mass is 16.5. The lowest BCUT2D eigenvalue weighted by Crippen LogP contribution is -2.42.